The van der Waals surface area contributed by atoms with E-state index in [9.17, 15) is 0 Å². The Balaban J connectivity index is 1.45. The lowest BCUT2D eigenvalue weighted by Crippen LogP contribution is -2.56. The first-order valence-electron chi connectivity index (χ1n) is 10.0. The van der Waals surface area contributed by atoms with Crippen LogP contribution >= 0.6 is 0 Å². The van der Waals surface area contributed by atoms with E-state index in [0.29, 0.717) is 12.0 Å². The Morgan fingerprint density at radius 1 is 1.26 bits per heavy atom. The first kappa shape index (κ1) is 17.0. The van der Waals surface area contributed by atoms with Crippen molar-refractivity contribution in [1.82, 2.24) is 4.90 Å². The number of rotatable bonds is 4. The van der Waals surface area contributed by atoms with Gasteiger partial charge in [-0.3, -0.25) is 9.89 Å². The van der Waals surface area contributed by atoms with E-state index in [-0.39, 0.29) is 5.54 Å². The minimum Gasteiger partial charge on any atom is -0.457 e. The van der Waals surface area contributed by atoms with Crippen molar-refractivity contribution in [2.75, 3.05) is 19.7 Å². The van der Waals surface area contributed by atoms with Gasteiger partial charge in [0.05, 0.1) is 17.4 Å². The molecule has 140 valence electrons. The van der Waals surface area contributed by atoms with E-state index in [0.717, 1.165) is 36.9 Å². The van der Waals surface area contributed by atoms with Crippen LogP contribution in [0, 0.1) is 5.92 Å². The van der Waals surface area contributed by atoms with Crippen LogP contribution in [0.15, 0.2) is 71.1 Å². The molecule has 5 rings (SSSR count). The van der Waals surface area contributed by atoms with Gasteiger partial charge in [-0.05, 0) is 50.0 Å². The van der Waals surface area contributed by atoms with Crippen LogP contribution in [0.25, 0.3) is 0 Å². The van der Waals surface area contributed by atoms with E-state index >= 15 is 0 Å². The smallest absolute Gasteiger partial charge is 0.129 e. The molecule has 4 heteroatoms. The van der Waals surface area contributed by atoms with Crippen LogP contribution in [-0.2, 0) is 4.74 Å². The topological polar surface area (TPSA) is 34.1 Å². The van der Waals surface area contributed by atoms with Crippen LogP contribution in [0.1, 0.15) is 26.2 Å². The van der Waals surface area contributed by atoms with E-state index in [1.165, 1.54) is 24.8 Å². The zero-order chi connectivity index (χ0) is 18.3. The van der Waals surface area contributed by atoms with Crippen molar-refractivity contribution < 1.29 is 9.47 Å². The molecule has 1 aromatic carbocycles. The Labute approximate surface area is 160 Å². The predicted molar refractivity (Wildman–Crippen MR) is 107 cm³/mol. The van der Waals surface area contributed by atoms with Gasteiger partial charge in [0.15, 0.2) is 0 Å². The molecular formula is C23H26N2O2. The molecule has 0 radical (unpaired) electrons. The molecule has 0 N–H and O–H groups in total. The highest BCUT2D eigenvalue weighted by molar-refractivity contribution is 6.07. The lowest BCUT2D eigenvalue weighted by Gasteiger charge is -2.44. The van der Waals surface area contributed by atoms with Crippen LogP contribution in [-0.4, -0.2) is 42.0 Å². The number of hydrogen-bond donors (Lipinski definition) is 0. The Bertz CT molecular complexity index is 833. The summed E-state index contributed by atoms with van der Waals surface area (Å²) in [6.45, 7) is 5.19. The lowest BCUT2D eigenvalue weighted by atomic mass is 9.73. The van der Waals surface area contributed by atoms with Crippen LogP contribution in [0.3, 0.4) is 0 Å². The van der Waals surface area contributed by atoms with Crippen molar-refractivity contribution in [3.63, 3.8) is 0 Å². The molecule has 4 nitrogen and oxygen atoms in total. The van der Waals surface area contributed by atoms with Gasteiger partial charge in [0, 0.05) is 37.9 Å². The molecule has 1 aromatic rings. The summed E-state index contributed by atoms with van der Waals surface area (Å²) >= 11 is 0. The molecular weight excluding hydrogens is 336 g/mol. The summed E-state index contributed by atoms with van der Waals surface area (Å²) < 4.78 is 12.0. The molecule has 0 amide bonds. The van der Waals surface area contributed by atoms with Crippen LogP contribution in [0.4, 0.5) is 0 Å². The van der Waals surface area contributed by atoms with Gasteiger partial charge in [-0.25, -0.2) is 0 Å². The van der Waals surface area contributed by atoms with Gasteiger partial charge in [-0.1, -0.05) is 24.3 Å². The van der Waals surface area contributed by atoms with Crippen LogP contribution in [0.5, 0.6) is 5.75 Å². The highest BCUT2D eigenvalue weighted by Gasteiger charge is 2.53. The van der Waals surface area contributed by atoms with Crippen molar-refractivity contribution in [3.05, 3.63) is 66.1 Å². The van der Waals surface area contributed by atoms with Gasteiger partial charge in [-0.15, -0.1) is 0 Å². The number of ether oxygens (including phenoxy) is 2. The summed E-state index contributed by atoms with van der Waals surface area (Å²) in [4.78, 5) is 7.44. The second-order valence-electron chi connectivity index (χ2n) is 7.93. The minimum absolute atomic E-state index is 0.145. The summed E-state index contributed by atoms with van der Waals surface area (Å²) in [5, 5.41) is 0. The third-order valence-electron chi connectivity index (χ3n) is 6.32. The number of nitrogens with zero attached hydrogens (tertiary/aromatic N) is 2. The van der Waals surface area contributed by atoms with Crippen molar-refractivity contribution >= 4 is 5.71 Å². The SMILES string of the molecule is CC1=CN=C2C=C(Oc3ccccc3)C=CC23C1CCN3CC1CCCO1. The Hall–Kier alpha value is -2.17. The Morgan fingerprint density at radius 2 is 2.15 bits per heavy atom. The molecule has 0 aromatic heterocycles. The highest BCUT2D eigenvalue weighted by atomic mass is 16.5. The fourth-order valence-corrected chi connectivity index (χ4v) is 5.01. The molecule has 3 atom stereocenters. The second-order valence-corrected chi connectivity index (χ2v) is 7.93. The summed E-state index contributed by atoms with van der Waals surface area (Å²) in [5.74, 6) is 2.19. The summed E-state index contributed by atoms with van der Waals surface area (Å²) in [6.07, 6.45) is 12.5. The first-order chi connectivity index (χ1) is 13.3. The van der Waals surface area contributed by atoms with E-state index in [4.69, 9.17) is 14.5 Å². The molecule has 0 saturated carbocycles. The summed E-state index contributed by atoms with van der Waals surface area (Å²) in [7, 11) is 0. The molecule has 0 bridgehead atoms. The minimum atomic E-state index is -0.145. The van der Waals surface area contributed by atoms with Gasteiger partial charge in [0.1, 0.15) is 11.5 Å². The fraction of sp³-hybridized carbons (Fsp3) is 0.435. The van der Waals surface area contributed by atoms with E-state index in [1.807, 2.05) is 36.5 Å². The maximum absolute atomic E-state index is 6.07. The van der Waals surface area contributed by atoms with E-state index in [1.54, 1.807) is 0 Å². The van der Waals surface area contributed by atoms with Gasteiger partial charge >= 0.3 is 0 Å². The lowest BCUT2D eigenvalue weighted by molar-refractivity contribution is 0.0637. The third kappa shape index (κ3) is 2.88. The van der Waals surface area contributed by atoms with E-state index < -0.39 is 0 Å². The quantitative estimate of drug-likeness (QED) is 0.808. The molecule has 4 aliphatic rings. The van der Waals surface area contributed by atoms with Gasteiger partial charge in [0.2, 0.25) is 0 Å². The molecule has 2 fully saturated rings. The van der Waals surface area contributed by atoms with Crippen molar-refractivity contribution in [1.29, 1.82) is 0 Å². The number of allylic oxidation sites excluding steroid dienone is 1. The maximum atomic E-state index is 6.07. The molecule has 3 heterocycles. The van der Waals surface area contributed by atoms with Crippen molar-refractivity contribution in [3.8, 4) is 5.75 Å². The highest BCUT2D eigenvalue weighted by Crippen LogP contribution is 2.46. The Kier molecular flexibility index (Phi) is 4.25. The average Bonchev–Trinajstić information content (AvgIpc) is 3.33. The van der Waals surface area contributed by atoms with E-state index in [2.05, 4.69) is 30.1 Å². The largest absolute Gasteiger partial charge is 0.457 e. The van der Waals surface area contributed by atoms with Gasteiger partial charge in [0.25, 0.3) is 0 Å². The number of likely N-dealkylation sites (tertiary alicyclic amines) is 1. The summed E-state index contributed by atoms with van der Waals surface area (Å²) in [5.41, 5.74) is 2.33. The molecule has 3 aliphatic heterocycles. The number of para-hydroxylation sites is 1. The molecule has 2 saturated heterocycles. The number of hydrogen-bond acceptors (Lipinski definition) is 4. The van der Waals surface area contributed by atoms with Crippen molar-refractivity contribution in [2.45, 2.75) is 37.8 Å². The maximum Gasteiger partial charge on any atom is 0.129 e. The van der Waals surface area contributed by atoms with Gasteiger partial charge in [-0.2, -0.15) is 0 Å². The molecule has 1 aliphatic carbocycles. The molecule has 27 heavy (non-hydrogen) atoms. The number of aliphatic imine (C=N–C) groups is 1. The van der Waals surface area contributed by atoms with Gasteiger partial charge < -0.3 is 9.47 Å². The normalized spacial score (nSPS) is 32.4. The van der Waals surface area contributed by atoms with Crippen molar-refractivity contribution in [2.24, 2.45) is 10.9 Å². The second kappa shape index (κ2) is 6.77. The first-order valence-corrected chi connectivity index (χ1v) is 10.0. The standard InChI is InChI=1S/C23H26N2O2/c1-17-15-24-22-14-19(27-18-6-3-2-4-7-18)9-11-23(22)21(17)10-12-25(23)16-20-8-5-13-26-20/h2-4,6-7,9,11,14-15,20-21H,5,8,10,12-13,16H2,1H3. The predicted octanol–water partition coefficient (Wildman–Crippen LogP) is 4.12. The number of benzene rings is 1. The van der Waals surface area contributed by atoms with Crippen LogP contribution < -0.4 is 4.74 Å². The molecule has 1 spiro atoms. The molecule has 3 unspecified atom stereocenters. The Morgan fingerprint density at radius 3 is 2.96 bits per heavy atom. The summed E-state index contributed by atoms with van der Waals surface area (Å²) in [6, 6.07) is 9.94. The fourth-order valence-electron chi connectivity index (χ4n) is 5.01. The zero-order valence-corrected chi connectivity index (χ0v) is 15.8. The monoisotopic (exact) mass is 362 g/mol. The van der Waals surface area contributed by atoms with Crippen LogP contribution in [0.2, 0.25) is 0 Å². The third-order valence-corrected chi connectivity index (χ3v) is 6.32. The zero-order valence-electron chi connectivity index (χ0n) is 15.8. The average molecular weight is 362 g/mol.